The zero-order chi connectivity index (χ0) is 8.81. The molecule has 0 aromatic heterocycles. The van der Waals surface area contributed by atoms with Crippen molar-refractivity contribution in [1.29, 1.82) is 0 Å². The van der Waals surface area contributed by atoms with Gasteiger partial charge in [-0.25, -0.2) is 5.01 Å². The van der Waals surface area contributed by atoms with Gasteiger partial charge in [0.05, 0.1) is 0 Å². The summed E-state index contributed by atoms with van der Waals surface area (Å²) in [6.07, 6.45) is 7.25. The Morgan fingerprint density at radius 3 is 2.42 bits per heavy atom. The van der Waals surface area contributed by atoms with Crippen LogP contribution in [0.4, 0.5) is 0 Å². The summed E-state index contributed by atoms with van der Waals surface area (Å²) in [5.74, 6) is 0.950. The molecule has 1 rings (SSSR count). The van der Waals surface area contributed by atoms with Gasteiger partial charge in [-0.1, -0.05) is 26.2 Å². The largest absolute Gasteiger partial charge is 0.258 e. The molecule has 0 aliphatic heterocycles. The molecule has 0 radical (unpaired) electrons. The van der Waals surface area contributed by atoms with E-state index in [2.05, 4.69) is 17.4 Å². The predicted molar refractivity (Wildman–Crippen MR) is 52.9 cm³/mol. The second-order valence-corrected chi connectivity index (χ2v) is 3.77. The van der Waals surface area contributed by atoms with Crippen molar-refractivity contribution in [3.8, 4) is 0 Å². The Labute approximate surface area is 76.3 Å². The van der Waals surface area contributed by atoms with Crippen LogP contribution in [0, 0.1) is 5.92 Å². The van der Waals surface area contributed by atoms with Crippen LogP contribution in [0.3, 0.4) is 0 Å². The van der Waals surface area contributed by atoms with Gasteiger partial charge in [0.25, 0.3) is 0 Å². The Balaban J connectivity index is 2.18. The molecular weight excluding hydrogens is 148 g/mol. The Bertz CT molecular complexity index is 104. The highest BCUT2D eigenvalue weighted by Gasteiger charge is 2.15. The fourth-order valence-electron chi connectivity index (χ4n) is 2.06. The highest BCUT2D eigenvalue weighted by atomic mass is 15.5. The smallest absolute Gasteiger partial charge is 0.0159 e. The summed E-state index contributed by atoms with van der Waals surface area (Å²) in [6, 6.07) is 0. The van der Waals surface area contributed by atoms with E-state index in [1.54, 1.807) is 0 Å². The predicted octanol–water partition coefficient (Wildman–Crippen LogP) is 2.02. The SMILES string of the molecule is CCN(CC1CCCCC1)NC. The van der Waals surface area contributed by atoms with Gasteiger partial charge in [0.1, 0.15) is 0 Å². The van der Waals surface area contributed by atoms with Crippen LogP contribution in [0.15, 0.2) is 0 Å². The Kier molecular flexibility index (Phi) is 4.62. The summed E-state index contributed by atoms with van der Waals surface area (Å²) >= 11 is 0. The summed E-state index contributed by atoms with van der Waals surface area (Å²) in [5.41, 5.74) is 3.23. The Morgan fingerprint density at radius 2 is 1.92 bits per heavy atom. The van der Waals surface area contributed by atoms with Gasteiger partial charge >= 0.3 is 0 Å². The van der Waals surface area contributed by atoms with Gasteiger partial charge in [0, 0.05) is 13.1 Å². The van der Waals surface area contributed by atoms with Crippen LogP contribution in [-0.4, -0.2) is 25.1 Å². The van der Waals surface area contributed by atoms with E-state index in [4.69, 9.17) is 0 Å². The minimum absolute atomic E-state index is 0.950. The van der Waals surface area contributed by atoms with Crippen molar-refractivity contribution in [1.82, 2.24) is 10.4 Å². The van der Waals surface area contributed by atoms with E-state index < -0.39 is 0 Å². The van der Waals surface area contributed by atoms with E-state index in [9.17, 15) is 0 Å². The highest BCUT2D eigenvalue weighted by Crippen LogP contribution is 2.23. The fourth-order valence-corrected chi connectivity index (χ4v) is 2.06. The summed E-state index contributed by atoms with van der Waals surface area (Å²) < 4.78 is 0. The van der Waals surface area contributed by atoms with Crippen molar-refractivity contribution in [2.45, 2.75) is 39.0 Å². The maximum Gasteiger partial charge on any atom is 0.0159 e. The van der Waals surface area contributed by atoms with Gasteiger partial charge in [-0.2, -0.15) is 0 Å². The minimum atomic E-state index is 0.950. The molecule has 1 aliphatic carbocycles. The van der Waals surface area contributed by atoms with Crippen molar-refractivity contribution in [2.75, 3.05) is 20.1 Å². The maximum absolute atomic E-state index is 3.23. The lowest BCUT2D eigenvalue weighted by Crippen LogP contribution is -2.39. The van der Waals surface area contributed by atoms with Gasteiger partial charge in [-0.05, 0) is 25.8 Å². The fraction of sp³-hybridized carbons (Fsp3) is 1.00. The molecule has 1 aliphatic rings. The minimum Gasteiger partial charge on any atom is -0.258 e. The first-order chi connectivity index (χ1) is 5.86. The van der Waals surface area contributed by atoms with Gasteiger partial charge in [0.15, 0.2) is 0 Å². The summed E-state index contributed by atoms with van der Waals surface area (Å²) in [6.45, 7) is 4.57. The molecule has 12 heavy (non-hydrogen) atoms. The van der Waals surface area contributed by atoms with Crippen LogP contribution in [0.5, 0.6) is 0 Å². The van der Waals surface area contributed by atoms with E-state index in [1.807, 2.05) is 7.05 Å². The number of hydrogen-bond donors (Lipinski definition) is 1. The molecule has 0 saturated heterocycles. The van der Waals surface area contributed by atoms with E-state index in [0.29, 0.717) is 0 Å². The molecule has 2 nitrogen and oxygen atoms in total. The van der Waals surface area contributed by atoms with Gasteiger partial charge in [0.2, 0.25) is 0 Å². The lowest BCUT2D eigenvalue weighted by molar-refractivity contribution is 0.162. The summed E-state index contributed by atoms with van der Waals surface area (Å²) in [4.78, 5) is 0. The van der Waals surface area contributed by atoms with E-state index >= 15 is 0 Å². The van der Waals surface area contributed by atoms with Crippen LogP contribution < -0.4 is 5.43 Å². The Morgan fingerprint density at radius 1 is 1.25 bits per heavy atom. The molecule has 1 saturated carbocycles. The molecular formula is C10H22N2. The molecule has 72 valence electrons. The summed E-state index contributed by atoms with van der Waals surface area (Å²) in [7, 11) is 2.02. The molecule has 0 heterocycles. The van der Waals surface area contributed by atoms with E-state index in [-0.39, 0.29) is 0 Å². The third kappa shape index (κ3) is 3.11. The van der Waals surface area contributed by atoms with Gasteiger partial charge in [-0.15, -0.1) is 0 Å². The lowest BCUT2D eigenvalue weighted by atomic mass is 9.89. The van der Waals surface area contributed by atoms with Crippen molar-refractivity contribution in [2.24, 2.45) is 5.92 Å². The summed E-state index contributed by atoms with van der Waals surface area (Å²) in [5, 5.41) is 2.32. The molecule has 0 unspecified atom stereocenters. The molecule has 0 bridgehead atoms. The molecule has 2 heteroatoms. The van der Waals surface area contributed by atoms with Crippen LogP contribution >= 0.6 is 0 Å². The van der Waals surface area contributed by atoms with Gasteiger partial charge in [-0.3, -0.25) is 5.43 Å². The second kappa shape index (κ2) is 5.55. The zero-order valence-corrected chi connectivity index (χ0v) is 8.47. The van der Waals surface area contributed by atoms with Crippen LogP contribution in [0.2, 0.25) is 0 Å². The molecule has 0 amide bonds. The lowest BCUT2D eigenvalue weighted by Gasteiger charge is -2.28. The first-order valence-corrected chi connectivity index (χ1v) is 5.29. The quantitative estimate of drug-likeness (QED) is 0.649. The zero-order valence-electron chi connectivity index (χ0n) is 8.47. The van der Waals surface area contributed by atoms with Crippen molar-refractivity contribution < 1.29 is 0 Å². The van der Waals surface area contributed by atoms with Crippen LogP contribution in [0.1, 0.15) is 39.0 Å². The topological polar surface area (TPSA) is 15.3 Å². The van der Waals surface area contributed by atoms with Crippen molar-refractivity contribution >= 4 is 0 Å². The van der Waals surface area contributed by atoms with E-state index in [0.717, 1.165) is 12.5 Å². The molecule has 0 spiro atoms. The molecule has 1 N–H and O–H groups in total. The monoisotopic (exact) mass is 170 g/mol. The average Bonchev–Trinajstić information content (AvgIpc) is 2.16. The average molecular weight is 170 g/mol. The number of hydrazine groups is 1. The van der Waals surface area contributed by atoms with Crippen molar-refractivity contribution in [3.63, 3.8) is 0 Å². The molecule has 1 fully saturated rings. The number of rotatable bonds is 4. The van der Waals surface area contributed by atoms with Crippen LogP contribution in [-0.2, 0) is 0 Å². The van der Waals surface area contributed by atoms with Gasteiger partial charge < -0.3 is 0 Å². The number of hydrogen-bond acceptors (Lipinski definition) is 2. The first-order valence-electron chi connectivity index (χ1n) is 5.29. The van der Waals surface area contributed by atoms with Crippen molar-refractivity contribution in [3.05, 3.63) is 0 Å². The maximum atomic E-state index is 3.23. The first kappa shape index (κ1) is 10.0. The number of nitrogens with one attached hydrogen (secondary N) is 1. The second-order valence-electron chi connectivity index (χ2n) is 3.77. The highest BCUT2D eigenvalue weighted by molar-refractivity contribution is 4.68. The van der Waals surface area contributed by atoms with E-state index in [1.165, 1.54) is 38.6 Å². The third-order valence-corrected chi connectivity index (χ3v) is 2.90. The van der Waals surface area contributed by atoms with Crippen LogP contribution in [0.25, 0.3) is 0 Å². The molecule has 0 aromatic rings. The standard InChI is InChI=1S/C10H22N2/c1-3-12(11-2)9-10-7-5-4-6-8-10/h10-11H,3-9H2,1-2H3. The third-order valence-electron chi connectivity index (χ3n) is 2.90. The molecule has 0 atom stereocenters. The normalized spacial score (nSPS) is 20.2. The Hall–Kier alpha value is -0.0800. The molecule has 0 aromatic carbocycles. The number of nitrogens with zero attached hydrogens (tertiary/aromatic N) is 1.